The van der Waals surface area contributed by atoms with Crippen LogP contribution in [0.2, 0.25) is 18.1 Å². The third-order valence-electron chi connectivity index (χ3n) is 11.4. The molecule has 0 radical (unpaired) electrons. The summed E-state index contributed by atoms with van der Waals surface area (Å²) in [5, 5.41) is 9.96. The number of piperazine rings is 1. The van der Waals surface area contributed by atoms with Gasteiger partial charge in [0.25, 0.3) is 0 Å². The third kappa shape index (κ3) is 7.71. The van der Waals surface area contributed by atoms with E-state index in [1.807, 2.05) is 13.0 Å². The lowest BCUT2D eigenvalue weighted by molar-refractivity contribution is -0.122. The average Bonchev–Trinajstić information content (AvgIpc) is 3.82. The number of anilines is 1. The van der Waals surface area contributed by atoms with Crippen LogP contribution in [0, 0.1) is 5.82 Å². The van der Waals surface area contributed by atoms with E-state index in [2.05, 4.69) is 50.6 Å². The number of hydrogen-bond acceptors (Lipinski definition) is 8. The topological polar surface area (TPSA) is 108 Å². The van der Waals surface area contributed by atoms with Crippen molar-refractivity contribution in [3.63, 3.8) is 0 Å². The number of pyridine rings is 1. The summed E-state index contributed by atoms with van der Waals surface area (Å²) in [6.07, 6.45) is 1.28. The predicted octanol–water partition coefficient (Wildman–Crippen LogP) is 5.32. The smallest absolute Gasteiger partial charge is 0.407 e. The number of carbonyl (C=O) groups is 2. The number of morpholine rings is 1. The Kier molecular flexibility index (Phi) is 10.4. The van der Waals surface area contributed by atoms with Gasteiger partial charge in [0.2, 0.25) is 11.8 Å². The fraction of sp³-hybridized carbons (Fsp3) is 0.649. The van der Waals surface area contributed by atoms with Gasteiger partial charge >= 0.3 is 6.09 Å². The molecule has 0 bridgehead atoms. The van der Waals surface area contributed by atoms with E-state index in [0.717, 1.165) is 36.2 Å². The first-order valence-corrected chi connectivity index (χ1v) is 21.0. The second kappa shape index (κ2) is 14.1. The van der Waals surface area contributed by atoms with Crippen LogP contribution in [0.15, 0.2) is 30.3 Å². The second-order valence-corrected chi connectivity index (χ2v) is 20.9. The first-order valence-electron chi connectivity index (χ1n) is 18.0. The number of ether oxygens (including phenoxy) is 2. The first-order chi connectivity index (χ1) is 23.6. The highest BCUT2D eigenvalue weighted by atomic mass is 28.4. The number of rotatable bonds is 9. The van der Waals surface area contributed by atoms with E-state index < -0.39 is 20.0 Å². The quantitative estimate of drug-likeness (QED) is 0.346. The number of aromatic nitrogens is 1. The van der Waals surface area contributed by atoms with Crippen molar-refractivity contribution < 1.29 is 33.0 Å². The first kappa shape index (κ1) is 36.7. The number of halogens is 1. The van der Waals surface area contributed by atoms with Crippen molar-refractivity contribution in [3.05, 3.63) is 53.0 Å². The Morgan fingerprint density at radius 3 is 2.42 bits per heavy atom. The zero-order chi connectivity index (χ0) is 36.0. The van der Waals surface area contributed by atoms with Gasteiger partial charge in [-0.05, 0) is 80.6 Å². The second-order valence-electron chi connectivity index (χ2n) is 16.2. The van der Waals surface area contributed by atoms with Crippen molar-refractivity contribution in [2.75, 3.05) is 64.0 Å². The van der Waals surface area contributed by atoms with Crippen molar-refractivity contribution >= 4 is 26.0 Å². The van der Waals surface area contributed by atoms with Gasteiger partial charge in [-0.25, -0.2) is 14.2 Å². The lowest BCUT2D eigenvalue weighted by Crippen LogP contribution is -2.64. The molecule has 1 aromatic carbocycles. The van der Waals surface area contributed by atoms with E-state index >= 15 is 0 Å². The summed E-state index contributed by atoms with van der Waals surface area (Å²) in [5.74, 6) is 0.0596. The van der Waals surface area contributed by atoms with Gasteiger partial charge in [0.05, 0.1) is 37.6 Å². The molecular weight excluding hydrogens is 658 g/mol. The Morgan fingerprint density at radius 1 is 1.06 bits per heavy atom. The van der Waals surface area contributed by atoms with Gasteiger partial charge in [-0.3, -0.25) is 14.6 Å². The molecule has 6 rings (SSSR count). The molecule has 274 valence electrons. The van der Waals surface area contributed by atoms with Crippen LogP contribution in [0.4, 0.5) is 14.9 Å². The molecule has 3 fully saturated rings. The predicted molar refractivity (Wildman–Crippen MR) is 192 cm³/mol. The molecule has 1 N–H and O–H groups in total. The Bertz CT molecular complexity index is 1560. The summed E-state index contributed by atoms with van der Waals surface area (Å²) in [7, 11) is -2.17. The van der Waals surface area contributed by atoms with Crippen molar-refractivity contribution in [1.29, 1.82) is 0 Å². The van der Waals surface area contributed by atoms with E-state index in [0.29, 0.717) is 64.0 Å². The molecule has 3 atom stereocenters. The van der Waals surface area contributed by atoms with Crippen LogP contribution >= 0.6 is 0 Å². The zero-order valence-corrected chi connectivity index (χ0v) is 31.7. The maximum atomic E-state index is 14.3. The molecule has 4 aliphatic rings. The molecule has 1 aromatic heterocycles. The highest BCUT2D eigenvalue weighted by Crippen LogP contribution is 2.55. The molecule has 2 aromatic rings. The molecule has 3 aliphatic heterocycles. The van der Waals surface area contributed by atoms with E-state index in [1.54, 1.807) is 17.0 Å². The third-order valence-corrected chi connectivity index (χ3v) is 15.9. The number of carbonyl (C=O) groups excluding carboxylic acids is 1. The molecule has 4 heterocycles. The van der Waals surface area contributed by atoms with E-state index in [4.69, 9.17) is 18.9 Å². The highest BCUT2D eigenvalue weighted by molar-refractivity contribution is 6.74. The van der Waals surface area contributed by atoms with Crippen LogP contribution in [0.3, 0.4) is 0 Å². The molecule has 1 unspecified atom stereocenters. The fourth-order valence-electron chi connectivity index (χ4n) is 7.24. The van der Waals surface area contributed by atoms with Gasteiger partial charge in [-0.15, -0.1) is 0 Å². The van der Waals surface area contributed by atoms with Gasteiger partial charge in [0.15, 0.2) is 8.32 Å². The van der Waals surface area contributed by atoms with Gasteiger partial charge < -0.3 is 28.8 Å². The Balaban J connectivity index is 1.30. The summed E-state index contributed by atoms with van der Waals surface area (Å²) >= 11 is 0. The minimum Gasteiger partial charge on any atom is -0.474 e. The van der Waals surface area contributed by atoms with Crippen molar-refractivity contribution in [2.45, 2.75) is 95.7 Å². The minimum absolute atomic E-state index is 0.0127. The standard InChI is InChI=1S/C37H54FN5O6Si/c1-25-20-41(30(22-43(25)35(45)46)21-40-14-16-47-24-26(40)2)23-32(44)42-15-17-48-34-31(42)19-28(18-27-8-10-29(38)11-9-27)33(39-34)37(12-13-37)49-50(6,7)36(3,4)5/h8-11,19,25-26,30H,12-18,20-24H2,1-7H3,(H,45,46)/t25-,26?,30+/m1/s1. The summed E-state index contributed by atoms with van der Waals surface area (Å²) in [5.41, 5.74) is 2.83. The summed E-state index contributed by atoms with van der Waals surface area (Å²) in [6, 6.07) is 8.36. The SMILES string of the molecule is CC1COCCN1C[C@H]1CN(C(=O)O)[C@H](C)CN1CC(=O)N1CCOc2nc(C3(O[Si](C)(C)C(C)(C)C)CC3)c(Cc3ccc(F)cc3)cc21. The van der Waals surface area contributed by atoms with Crippen LogP contribution in [0.5, 0.6) is 5.88 Å². The monoisotopic (exact) mass is 711 g/mol. The van der Waals surface area contributed by atoms with Gasteiger partial charge in [0, 0.05) is 44.3 Å². The Labute approximate surface area is 296 Å². The lowest BCUT2D eigenvalue weighted by Gasteiger charge is -2.47. The molecule has 1 aliphatic carbocycles. The number of benzene rings is 1. The molecule has 50 heavy (non-hydrogen) atoms. The maximum absolute atomic E-state index is 14.3. The van der Waals surface area contributed by atoms with Crippen LogP contribution in [0.25, 0.3) is 0 Å². The molecule has 13 heteroatoms. The summed E-state index contributed by atoms with van der Waals surface area (Å²) < 4.78 is 32.8. The van der Waals surface area contributed by atoms with E-state index in [1.165, 1.54) is 17.0 Å². The Hall–Kier alpha value is -3.10. The zero-order valence-electron chi connectivity index (χ0n) is 30.7. The number of nitrogens with zero attached hydrogens (tertiary/aromatic N) is 5. The van der Waals surface area contributed by atoms with Gasteiger partial charge in [-0.2, -0.15) is 0 Å². The van der Waals surface area contributed by atoms with Crippen molar-refractivity contribution in [3.8, 4) is 5.88 Å². The van der Waals surface area contributed by atoms with E-state index in [-0.39, 0.29) is 41.4 Å². The number of amides is 2. The largest absolute Gasteiger partial charge is 0.474 e. The molecule has 1 saturated carbocycles. The number of hydrogen-bond donors (Lipinski definition) is 1. The van der Waals surface area contributed by atoms with Crippen LogP contribution in [-0.4, -0.2) is 122 Å². The van der Waals surface area contributed by atoms with Crippen LogP contribution < -0.4 is 9.64 Å². The molecule has 11 nitrogen and oxygen atoms in total. The Morgan fingerprint density at radius 2 is 1.78 bits per heavy atom. The molecule has 2 saturated heterocycles. The van der Waals surface area contributed by atoms with Crippen LogP contribution in [-0.2, 0) is 26.0 Å². The summed E-state index contributed by atoms with van der Waals surface area (Å²) in [4.78, 5) is 39.4. The van der Waals surface area contributed by atoms with Gasteiger partial charge in [0.1, 0.15) is 18.1 Å². The fourth-order valence-corrected chi connectivity index (χ4v) is 8.82. The molecule has 2 amide bonds. The van der Waals surface area contributed by atoms with Gasteiger partial charge in [-0.1, -0.05) is 32.9 Å². The minimum atomic E-state index is -2.17. The molecular formula is C37H54FN5O6Si. The number of fused-ring (bicyclic) bond motifs is 1. The maximum Gasteiger partial charge on any atom is 0.407 e. The number of carboxylic acid groups (broad SMARTS) is 1. The molecule has 0 spiro atoms. The average molecular weight is 712 g/mol. The van der Waals surface area contributed by atoms with Crippen LogP contribution in [0.1, 0.15) is 64.3 Å². The lowest BCUT2D eigenvalue weighted by atomic mass is 9.98. The summed E-state index contributed by atoms with van der Waals surface area (Å²) in [6.45, 7) is 19.5. The van der Waals surface area contributed by atoms with Crippen molar-refractivity contribution in [2.24, 2.45) is 0 Å². The highest BCUT2D eigenvalue weighted by Gasteiger charge is 2.55. The normalized spacial score (nSPS) is 24.4. The van der Waals surface area contributed by atoms with Crippen molar-refractivity contribution in [1.82, 2.24) is 19.7 Å². The van der Waals surface area contributed by atoms with E-state index in [9.17, 15) is 19.1 Å².